The summed E-state index contributed by atoms with van der Waals surface area (Å²) in [5.41, 5.74) is 5.62. The number of nitrogens with one attached hydrogen (secondary N) is 2. The average Bonchev–Trinajstić information content (AvgIpc) is 2.83. The van der Waals surface area contributed by atoms with Crippen LogP contribution < -0.4 is 25.1 Å². The van der Waals surface area contributed by atoms with E-state index in [2.05, 4.69) is 10.9 Å². The topological polar surface area (TPSA) is 112 Å². The second-order valence-electron chi connectivity index (χ2n) is 6.43. The first-order valence-electron chi connectivity index (χ1n) is 9.85. The lowest BCUT2D eigenvalue weighted by Gasteiger charge is -2.09. The van der Waals surface area contributed by atoms with E-state index >= 15 is 0 Å². The summed E-state index contributed by atoms with van der Waals surface area (Å²) in [6, 6.07) is 11.4. The zero-order valence-electron chi connectivity index (χ0n) is 18.2. The highest BCUT2D eigenvalue weighted by Crippen LogP contribution is 2.27. The minimum Gasteiger partial charge on any atom is -0.493 e. The van der Waals surface area contributed by atoms with Gasteiger partial charge < -0.3 is 18.9 Å². The van der Waals surface area contributed by atoms with Crippen LogP contribution in [0.2, 0.25) is 0 Å². The van der Waals surface area contributed by atoms with E-state index < -0.39 is 17.8 Å². The first-order chi connectivity index (χ1) is 15.5. The van der Waals surface area contributed by atoms with Crippen molar-refractivity contribution in [2.45, 2.75) is 13.3 Å². The van der Waals surface area contributed by atoms with Crippen molar-refractivity contribution in [1.29, 1.82) is 0 Å². The van der Waals surface area contributed by atoms with Crippen LogP contribution in [0.1, 0.15) is 29.3 Å². The number of amides is 2. The molecular formula is C23H26N2O7. The number of carbonyl (C=O) groups excluding carboxylic acids is 3. The minimum atomic E-state index is -0.552. The van der Waals surface area contributed by atoms with Crippen LogP contribution in [0.4, 0.5) is 0 Å². The molecule has 0 radical (unpaired) electrons. The molecule has 2 rings (SSSR count). The second kappa shape index (κ2) is 12.6. The number of ether oxygens (including phenoxy) is 4. The smallest absolute Gasteiger partial charge is 0.338 e. The maximum absolute atomic E-state index is 11.9. The quantitative estimate of drug-likeness (QED) is 0.330. The zero-order chi connectivity index (χ0) is 23.3. The van der Waals surface area contributed by atoms with Gasteiger partial charge in [0.25, 0.3) is 11.8 Å². The first-order valence-corrected chi connectivity index (χ1v) is 9.85. The molecule has 0 saturated heterocycles. The lowest BCUT2D eigenvalue weighted by molar-refractivity contribution is -0.128. The number of carbonyl (C=O) groups is 3. The van der Waals surface area contributed by atoms with Crippen LogP contribution in [0.3, 0.4) is 0 Å². The van der Waals surface area contributed by atoms with Gasteiger partial charge in [-0.1, -0.05) is 13.0 Å². The van der Waals surface area contributed by atoms with Gasteiger partial charge in [-0.2, -0.15) is 0 Å². The van der Waals surface area contributed by atoms with E-state index in [-0.39, 0.29) is 6.61 Å². The van der Waals surface area contributed by atoms with Crippen molar-refractivity contribution in [1.82, 2.24) is 10.9 Å². The molecule has 32 heavy (non-hydrogen) atoms. The number of hydrogen-bond donors (Lipinski definition) is 2. The maximum Gasteiger partial charge on any atom is 0.338 e. The third kappa shape index (κ3) is 7.67. The van der Waals surface area contributed by atoms with Gasteiger partial charge in [-0.05, 0) is 54.5 Å². The number of hydrazine groups is 1. The van der Waals surface area contributed by atoms with Crippen LogP contribution in [0.25, 0.3) is 6.08 Å². The highest BCUT2D eigenvalue weighted by atomic mass is 16.5. The van der Waals surface area contributed by atoms with E-state index in [0.29, 0.717) is 29.4 Å². The number of esters is 1. The molecule has 2 aromatic rings. The van der Waals surface area contributed by atoms with Crippen LogP contribution in [0, 0.1) is 0 Å². The maximum atomic E-state index is 11.9. The predicted molar refractivity (Wildman–Crippen MR) is 117 cm³/mol. The summed E-state index contributed by atoms with van der Waals surface area (Å²) in [7, 11) is 3.05. The SMILES string of the molecule is CCCOC(=O)c1ccc(OCC(=O)NNC(=O)C=Cc2ccc(OC)c(OC)c2)cc1. The van der Waals surface area contributed by atoms with Crippen molar-refractivity contribution in [3.8, 4) is 17.2 Å². The van der Waals surface area contributed by atoms with Gasteiger partial charge in [0.05, 0.1) is 26.4 Å². The molecule has 0 aliphatic carbocycles. The molecule has 2 N–H and O–H groups in total. The van der Waals surface area contributed by atoms with E-state index in [1.165, 1.54) is 20.3 Å². The van der Waals surface area contributed by atoms with Crippen LogP contribution in [0.5, 0.6) is 17.2 Å². The Bertz CT molecular complexity index is 955. The zero-order valence-corrected chi connectivity index (χ0v) is 18.2. The van der Waals surface area contributed by atoms with E-state index in [4.69, 9.17) is 18.9 Å². The number of methoxy groups -OCH3 is 2. The van der Waals surface area contributed by atoms with Gasteiger partial charge in [0.2, 0.25) is 0 Å². The average molecular weight is 442 g/mol. The van der Waals surface area contributed by atoms with Crippen LogP contribution in [-0.2, 0) is 14.3 Å². The number of hydrogen-bond acceptors (Lipinski definition) is 7. The standard InChI is InChI=1S/C23H26N2O7/c1-4-13-31-23(28)17-7-9-18(10-8-17)32-15-22(27)25-24-21(26)12-6-16-5-11-19(29-2)20(14-16)30-3/h5-12,14H,4,13,15H2,1-3H3,(H,24,26)(H,25,27). The van der Waals surface area contributed by atoms with Crippen molar-refractivity contribution in [3.05, 3.63) is 59.7 Å². The van der Waals surface area contributed by atoms with Gasteiger partial charge in [0, 0.05) is 6.08 Å². The summed E-state index contributed by atoms with van der Waals surface area (Å²) in [5, 5.41) is 0. The summed E-state index contributed by atoms with van der Waals surface area (Å²) in [6.45, 7) is 1.94. The van der Waals surface area contributed by atoms with Crippen LogP contribution >= 0.6 is 0 Å². The van der Waals surface area contributed by atoms with Gasteiger partial charge in [-0.15, -0.1) is 0 Å². The minimum absolute atomic E-state index is 0.320. The molecular weight excluding hydrogens is 416 g/mol. The number of rotatable bonds is 10. The van der Waals surface area contributed by atoms with Gasteiger partial charge in [-0.3, -0.25) is 20.4 Å². The van der Waals surface area contributed by atoms with Crippen molar-refractivity contribution in [2.24, 2.45) is 0 Å². The molecule has 0 fully saturated rings. The van der Waals surface area contributed by atoms with Crippen molar-refractivity contribution in [3.63, 3.8) is 0 Å². The summed E-state index contributed by atoms with van der Waals surface area (Å²) >= 11 is 0. The largest absolute Gasteiger partial charge is 0.493 e. The van der Waals surface area contributed by atoms with Gasteiger partial charge in [0.1, 0.15) is 5.75 Å². The fraction of sp³-hybridized carbons (Fsp3) is 0.261. The Hall–Kier alpha value is -4.01. The summed E-state index contributed by atoms with van der Waals surface area (Å²) < 4.78 is 20.7. The molecule has 0 aliphatic heterocycles. The molecule has 9 nitrogen and oxygen atoms in total. The van der Waals surface area contributed by atoms with Crippen molar-refractivity contribution in [2.75, 3.05) is 27.4 Å². The molecule has 2 aromatic carbocycles. The summed E-state index contributed by atoms with van der Waals surface area (Å²) in [6.07, 6.45) is 3.57. The van der Waals surface area contributed by atoms with E-state index in [1.807, 2.05) is 6.92 Å². The molecule has 0 bridgehead atoms. The first kappa shape index (κ1) is 24.3. The fourth-order valence-corrected chi connectivity index (χ4v) is 2.45. The Kier molecular flexibility index (Phi) is 9.58. The van der Waals surface area contributed by atoms with Gasteiger partial charge in [-0.25, -0.2) is 4.79 Å². The molecule has 0 heterocycles. The highest BCUT2D eigenvalue weighted by molar-refractivity contribution is 5.93. The molecule has 2 amide bonds. The number of benzene rings is 2. The normalized spacial score (nSPS) is 10.3. The third-order valence-electron chi connectivity index (χ3n) is 4.06. The van der Waals surface area contributed by atoms with Crippen LogP contribution in [-0.4, -0.2) is 45.2 Å². The fourth-order valence-electron chi connectivity index (χ4n) is 2.45. The molecule has 9 heteroatoms. The molecule has 0 aromatic heterocycles. The molecule has 0 aliphatic rings. The second-order valence-corrected chi connectivity index (χ2v) is 6.43. The third-order valence-corrected chi connectivity index (χ3v) is 4.06. The molecule has 0 unspecified atom stereocenters. The van der Waals surface area contributed by atoms with Crippen LogP contribution in [0.15, 0.2) is 48.5 Å². The van der Waals surface area contributed by atoms with Gasteiger partial charge >= 0.3 is 5.97 Å². The Morgan fingerprint density at radius 3 is 2.31 bits per heavy atom. The summed E-state index contributed by atoms with van der Waals surface area (Å²) in [5.74, 6) is 0.0121. The Morgan fingerprint density at radius 2 is 1.66 bits per heavy atom. The molecule has 0 saturated carbocycles. The Balaban J connectivity index is 1.76. The molecule has 0 spiro atoms. The highest BCUT2D eigenvalue weighted by Gasteiger charge is 2.08. The Labute approximate surface area is 186 Å². The molecule has 0 atom stereocenters. The lowest BCUT2D eigenvalue weighted by atomic mass is 10.2. The van der Waals surface area contributed by atoms with E-state index in [1.54, 1.807) is 48.5 Å². The van der Waals surface area contributed by atoms with Gasteiger partial charge in [0.15, 0.2) is 18.1 Å². The molecule has 170 valence electrons. The predicted octanol–water partition coefficient (Wildman–Crippen LogP) is 2.51. The lowest BCUT2D eigenvalue weighted by Crippen LogP contribution is -2.43. The van der Waals surface area contributed by atoms with Crippen molar-refractivity contribution < 1.29 is 33.3 Å². The monoisotopic (exact) mass is 442 g/mol. The summed E-state index contributed by atoms with van der Waals surface area (Å²) in [4.78, 5) is 35.5. The Morgan fingerprint density at radius 1 is 0.938 bits per heavy atom. The van der Waals surface area contributed by atoms with Crippen molar-refractivity contribution >= 4 is 23.9 Å². The van der Waals surface area contributed by atoms with E-state index in [9.17, 15) is 14.4 Å². The van der Waals surface area contributed by atoms with E-state index in [0.717, 1.165) is 12.0 Å².